The molecule has 0 atom stereocenters. The van der Waals surface area contributed by atoms with Gasteiger partial charge in [0.2, 0.25) is 5.91 Å². The lowest BCUT2D eigenvalue weighted by atomic mass is 10.0. The van der Waals surface area contributed by atoms with Crippen molar-refractivity contribution in [1.82, 2.24) is 15.3 Å². The molecular formula is C16H18BrN3O. The molecule has 0 radical (unpaired) electrons. The number of H-pyrrole nitrogens is 1. The number of hydrogen-bond donors (Lipinski definition) is 2. The van der Waals surface area contributed by atoms with E-state index in [0.717, 1.165) is 28.7 Å². The normalized spacial score (nSPS) is 13.8. The summed E-state index contributed by atoms with van der Waals surface area (Å²) in [4.78, 5) is 19.8. The maximum Gasteiger partial charge on any atom is 0.224 e. The maximum atomic E-state index is 11.9. The van der Waals surface area contributed by atoms with Crippen molar-refractivity contribution in [2.75, 3.05) is 0 Å². The summed E-state index contributed by atoms with van der Waals surface area (Å²) < 4.78 is 1.02. The van der Waals surface area contributed by atoms with Gasteiger partial charge in [0.05, 0.1) is 18.7 Å². The third kappa shape index (κ3) is 3.73. The van der Waals surface area contributed by atoms with E-state index in [1.807, 2.05) is 24.3 Å². The minimum atomic E-state index is 0.0201. The van der Waals surface area contributed by atoms with Gasteiger partial charge in [0.1, 0.15) is 5.82 Å². The number of fused-ring (bicyclic) bond motifs is 1. The smallest absolute Gasteiger partial charge is 0.224 e. The van der Waals surface area contributed by atoms with E-state index in [0.29, 0.717) is 13.0 Å². The van der Waals surface area contributed by atoms with Crippen molar-refractivity contribution in [3.63, 3.8) is 0 Å². The Balaban J connectivity index is 1.53. The van der Waals surface area contributed by atoms with Crippen LogP contribution in [-0.2, 0) is 30.6 Å². The minimum absolute atomic E-state index is 0.0201. The Morgan fingerprint density at radius 2 is 2.00 bits per heavy atom. The Labute approximate surface area is 132 Å². The van der Waals surface area contributed by atoms with Crippen molar-refractivity contribution < 1.29 is 4.79 Å². The SMILES string of the molecule is O=C(Cc1ccc(Br)cc1)NCc1nc2c([nH]1)CCCC2. The Morgan fingerprint density at radius 3 is 2.76 bits per heavy atom. The van der Waals surface area contributed by atoms with E-state index in [1.54, 1.807) is 0 Å². The molecule has 0 unspecified atom stereocenters. The number of hydrogen-bond acceptors (Lipinski definition) is 2. The average molecular weight is 348 g/mol. The number of rotatable bonds is 4. The molecule has 1 aromatic carbocycles. The van der Waals surface area contributed by atoms with Crippen molar-refractivity contribution in [2.45, 2.75) is 38.6 Å². The van der Waals surface area contributed by atoms with E-state index in [4.69, 9.17) is 0 Å². The number of aromatic amines is 1. The first kappa shape index (κ1) is 14.3. The van der Waals surface area contributed by atoms with Crippen molar-refractivity contribution in [1.29, 1.82) is 0 Å². The van der Waals surface area contributed by atoms with Gasteiger partial charge in [-0.15, -0.1) is 0 Å². The third-order valence-corrected chi connectivity index (χ3v) is 4.26. The minimum Gasteiger partial charge on any atom is -0.349 e. The predicted octanol–water partition coefficient (Wildman–Crippen LogP) is 2.91. The number of nitrogens with zero attached hydrogens (tertiary/aromatic N) is 1. The summed E-state index contributed by atoms with van der Waals surface area (Å²) in [6.07, 6.45) is 4.97. The molecule has 21 heavy (non-hydrogen) atoms. The van der Waals surface area contributed by atoms with E-state index < -0.39 is 0 Å². The molecule has 1 heterocycles. The second kappa shape index (κ2) is 6.43. The fourth-order valence-corrected chi connectivity index (χ4v) is 2.89. The number of amides is 1. The van der Waals surface area contributed by atoms with Crippen LogP contribution in [0.25, 0.3) is 0 Å². The zero-order chi connectivity index (χ0) is 14.7. The molecule has 1 amide bonds. The lowest BCUT2D eigenvalue weighted by Gasteiger charge is -2.07. The number of benzene rings is 1. The number of nitrogens with one attached hydrogen (secondary N) is 2. The predicted molar refractivity (Wildman–Crippen MR) is 84.9 cm³/mol. The van der Waals surface area contributed by atoms with Crippen molar-refractivity contribution in [2.24, 2.45) is 0 Å². The summed E-state index contributed by atoms with van der Waals surface area (Å²) in [6.45, 7) is 0.475. The molecule has 4 nitrogen and oxygen atoms in total. The Hall–Kier alpha value is -1.62. The number of carbonyl (C=O) groups is 1. The monoisotopic (exact) mass is 347 g/mol. The van der Waals surface area contributed by atoms with Crippen LogP contribution in [0.15, 0.2) is 28.7 Å². The first-order valence-electron chi connectivity index (χ1n) is 7.28. The summed E-state index contributed by atoms with van der Waals surface area (Å²) in [5, 5.41) is 2.93. The Morgan fingerprint density at radius 1 is 1.24 bits per heavy atom. The van der Waals surface area contributed by atoms with Crippen LogP contribution in [0.3, 0.4) is 0 Å². The van der Waals surface area contributed by atoms with E-state index in [1.165, 1.54) is 24.2 Å². The van der Waals surface area contributed by atoms with Gasteiger partial charge in [0.25, 0.3) is 0 Å². The Kier molecular flexibility index (Phi) is 4.39. The highest BCUT2D eigenvalue weighted by Crippen LogP contribution is 2.18. The molecular weight excluding hydrogens is 330 g/mol. The molecule has 2 aromatic rings. The van der Waals surface area contributed by atoms with Crippen LogP contribution < -0.4 is 5.32 Å². The largest absolute Gasteiger partial charge is 0.349 e. The molecule has 0 saturated carbocycles. The quantitative estimate of drug-likeness (QED) is 0.893. The van der Waals surface area contributed by atoms with Crippen molar-refractivity contribution in [3.05, 3.63) is 51.5 Å². The van der Waals surface area contributed by atoms with Crippen LogP contribution in [0.1, 0.15) is 35.6 Å². The second-order valence-electron chi connectivity index (χ2n) is 5.40. The number of imidazole rings is 1. The molecule has 0 bridgehead atoms. The highest BCUT2D eigenvalue weighted by Gasteiger charge is 2.14. The zero-order valence-corrected chi connectivity index (χ0v) is 13.4. The molecule has 0 spiro atoms. The molecule has 5 heteroatoms. The molecule has 0 saturated heterocycles. The van der Waals surface area contributed by atoms with Gasteiger partial charge in [0, 0.05) is 10.2 Å². The first-order valence-corrected chi connectivity index (χ1v) is 8.08. The maximum absolute atomic E-state index is 11.9. The van der Waals surface area contributed by atoms with Crippen LogP contribution in [0, 0.1) is 0 Å². The molecule has 1 aromatic heterocycles. The molecule has 0 aliphatic heterocycles. The van der Waals surface area contributed by atoms with Gasteiger partial charge in [-0.25, -0.2) is 4.98 Å². The molecule has 1 aliphatic carbocycles. The zero-order valence-electron chi connectivity index (χ0n) is 11.8. The molecule has 110 valence electrons. The van der Waals surface area contributed by atoms with Gasteiger partial charge in [0.15, 0.2) is 0 Å². The number of aryl methyl sites for hydroxylation is 2. The second-order valence-corrected chi connectivity index (χ2v) is 6.31. The van der Waals surface area contributed by atoms with Crippen molar-refractivity contribution in [3.8, 4) is 0 Å². The summed E-state index contributed by atoms with van der Waals surface area (Å²) in [7, 11) is 0. The highest BCUT2D eigenvalue weighted by atomic mass is 79.9. The van der Waals surface area contributed by atoms with Gasteiger partial charge in [-0.1, -0.05) is 28.1 Å². The fraction of sp³-hybridized carbons (Fsp3) is 0.375. The fourth-order valence-electron chi connectivity index (χ4n) is 2.63. The van der Waals surface area contributed by atoms with Gasteiger partial charge >= 0.3 is 0 Å². The van der Waals surface area contributed by atoms with E-state index >= 15 is 0 Å². The van der Waals surface area contributed by atoms with Crippen LogP contribution in [0.5, 0.6) is 0 Å². The lowest BCUT2D eigenvalue weighted by Crippen LogP contribution is -2.25. The highest BCUT2D eigenvalue weighted by molar-refractivity contribution is 9.10. The van der Waals surface area contributed by atoms with Crippen LogP contribution in [0.2, 0.25) is 0 Å². The number of halogens is 1. The van der Waals surface area contributed by atoms with Crippen LogP contribution in [-0.4, -0.2) is 15.9 Å². The van der Waals surface area contributed by atoms with Gasteiger partial charge in [-0.3, -0.25) is 4.79 Å². The van der Waals surface area contributed by atoms with Gasteiger partial charge in [-0.05, 0) is 43.4 Å². The van der Waals surface area contributed by atoms with Crippen LogP contribution >= 0.6 is 15.9 Å². The topological polar surface area (TPSA) is 57.8 Å². The molecule has 3 rings (SSSR count). The van der Waals surface area contributed by atoms with Crippen molar-refractivity contribution >= 4 is 21.8 Å². The summed E-state index contributed by atoms with van der Waals surface area (Å²) in [5.74, 6) is 0.887. The van der Waals surface area contributed by atoms with Crippen LogP contribution in [0.4, 0.5) is 0 Å². The van der Waals surface area contributed by atoms with E-state index in [-0.39, 0.29) is 5.91 Å². The third-order valence-electron chi connectivity index (χ3n) is 3.73. The summed E-state index contributed by atoms with van der Waals surface area (Å²) in [6, 6.07) is 7.80. The summed E-state index contributed by atoms with van der Waals surface area (Å²) >= 11 is 3.39. The van der Waals surface area contributed by atoms with Gasteiger partial charge in [-0.2, -0.15) is 0 Å². The average Bonchev–Trinajstić information content (AvgIpc) is 2.90. The first-order chi connectivity index (χ1) is 10.2. The standard InChI is InChI=1S/C16H18BrN3O/c17-12-7-5-11(6-8-12)9-16(21)18-10-15-19-13-3-1-2-4-14(13)20-15/h5-8H,1-4,9-10H2,(H,18,21)(H,19,20). The molecule has 0 fully saturated rings. The molecule has 1 aliphatic rings. The van der Waals surface area contributed by atoms with E-state index in [9.17, 15) is 4.79 Å². The molecule has 2 N–H and O–H groups in total. The number of carbonyl (C=O) groups excluding carboxylic acids is 1. The Bertz CT molecular complexity index is 610. The number of aromatic nitrogens is 2. The van der Waals surface area contributed by atoms with E-state index in [2.05, 4.69) is 31.2 Å². The van der Waals surface area contributed by atoms with Gasteiger partial charge < -0.3 is 10.3 Å². The lowest BCUT2D eigenvalue weighted by molar-refractivity contribution is -0.120. The summed E-state index contributed by atoms with van der Waals surface area (Å²) in [5.41, 5.74) is 3.44.